The molecule has 0 saturated heterocycles. The molecule has 0 aromatic carbocycles. The van der Waals surface area contributed by atoms with Crippen molar-refractivity contribution in [1.29, 1.82) is 0 Å². The minimum atomic E-state index is -4.87. The van der Waals surface area contributed by atoms with E-state index in [4.69, 9.17) is 4.74 Å². The van der Waals surface area contributed by atoms with Gasteiger partial charge < -0.3 is 9.72 Å². The molecule has 1 heterocycles. The maximum atomic E-state index is 12.4. The highest BCUT2D eigenvalue weighted by atomic mass is 32.2. The Hall–Kier alpha value is -1.31. The molecule has 0 radical (unpaired) electrons. The molecule has 0 saturated carbocycles. The lowest BCUT2D eigenvalue weighted by molar-refractivity contribution is -0.0386. The molecule has 4 nitrogen and oxygen atoms in total. The van der Waals surface area contributed by atoms with Crippen molar-refractivity contribution in [3.8, 4) is 0 Å². The molecule has 0 fully saturated rings. The van der Waals surface area contributed by atoms with Crippen LogP contribution in [0.4, 0.5) is 13.2 Å². The number of aromatic nitrogens is 1. The fourth-order valence-corrected chi connectivity index (χ4v) is 2.39. The van der Waals surface area contributed by atoms with Crippen LogP contribution >= 0.6 is 0 Å². The number of aryl methyl sites for hydroxylation is 1. The third-order valence-electron chi connectivity index (χ3n) is 2.27. The number of halogens is 3. The quantitative estimate of drug-likeness (QED) is 0.867. The number of hydrogen-bond acceptors (Lipinski definition) is 3. The number of H-pyrrole nitrogens is 1. The number of nitrogens with one attached hydrogen (secondary N) is 1. The number of rotatable bonds is 3. The molecule has 18 heavy (non-hydrogen) atoms. The summed E-state index contributed by atoms with van der Waals surface area (Å²) in [5.41, 5.74) is -4.65. The van der Waals surface area contributed by atoms with Gasteiger partial charge in [-0.25, -0.2) is 9.00 Å². The summed E-state index contributed by atoms with van der Waals surface area (Å²) in [5, 5.41) is -0.511. The summed E-state index contributed by atoms with van der Waals surface area (Å²) >= 11 is 0. The van der Waals surface area contributed by atoms with Gasteiger partial charge in [-0.3, -0.25) is 0 Å². The molecular formula is C10H12F3NO3S. The lowest BCUT2D eigenvalue weighted by Crippen LogP contribution is -2.17. The zero-order valence-corrected chi connectivity index (χ0v) is 10.8. The van der Waals surface area contributed by atoms with Crippen LogP contribution in [0.3, 0.4) is 0 Å². The fraction of sp³-hybridized carbons (Fsp3) is 0.500. The van der Waals surface area contributed by atoms with Crippen molar-refractivity contribution >= 4 is 16.8 Å². The molecule has 0 spiro atoms. The van der Waals surface area contributed by atoms with Gasteiger partial charge in [-0.05, 0) is 26.3 Å². The molecule has 1 aromatic heterocycles. The van der Waals surface area contributed by atoms with Gasteiger partial charge >= 0.3 is 11.5 Å². The Morgan fingerprint density at radius 3 is 2.39 bits per heavy atom. The summed E-state index contributed by atoms with van der Waals surface area (Å²) in [6, 6.07) is 0. The van der Waals surface area contributed by atoms with Crippen LogP contribution in [0.2, 0.25) is 0 Å². The van der Waals surface area contributed by atoms with Gasteiger partial charge in [0.1, 0.15) is 5.03 Å². The van der Waals surface area contributed by atoms with Gasteiger partial charge in [0.05, 0.1) is 12.2 Å². The Morgan fingerprint density at radius 2 is 1.94 bits per heavy atom. The van der Waals surface area contributed by atoms with E-state index in [2.05, 4.69) is 4.98 Å². The number of alkyl halides is 3. The predicted molar refractivity (Wildman–Crippen MR) is 58.7 cm³/mol. The standard InChI is InChI=1S/C10H12F3NO3S/c1-4-17-9(15)7-5(2)8(14-6(7)3)18(16)10(11,12)13/h14H,4H2,1-3H3. The molecule has 0 aliphatic rings. The molecule has 0 aliphatic carbocycles. The van der Waals surface area contributed by atoms with Crippen LogP contribution in [0.15, 0.2) is 5.03 Å². The smallest absolute Gasteiger partial charge is 0.462 e. The van der Waals surface area contributed by atoms with Crippen molar-refractivity contribution in [2.75, 3.05) is 6.61 Å². The molecule has 0 bridgehead atoms. The molecule has 1 N–H and O–H groups in total. The monoisotopic (exact) mass is 283 g/mol. The van der Waals surface area contributed by atoms with E-state index < -0.39 is 27.3 Å². The predicted octanol–water partition coefficient (Wildman–Crippen LogP) is 2.44. The summed E-state index contributed by atoms with van der Waals surface area (Å²) < 4.78 is 53.1. The number of esters is 1. The van der Waals surface area contributed by atoms with Gasteiger partial charge in [-0.1, -0.05) is 0 Å². The maximum Gasteiger partial charge on any atom is 0.477 e. The number of carbonyl (C=O) groups excluding carboxylic acids is 1. The average molecular weight is 283 g/mol. The van der Waals surface area contributed by atoms with Crippen LogP contribution in [0.5, 0.6) is 0 Å². The van der Waals surface area contributed by atoms with Crippen molar-refractivity contribution < 1.29 is 26.9 Å². The van der Waals surface area contributed by atoms with E-state index in [1.54, 1.807) is 6.92 Å². The summed E-state index contributed by atoms with van der Waals surface area (Å²) in [6.45, 7) is 4.43. The number of hydrogen-bond donors (Lipinski definition) is 1. The highest BCUT2D eigenvalue weighted by Crippen LogP contribution is 2.30. The third-order valence-corrected chi connectivity index (χ3v) is 3.47. The van der Waals surface area contributed by atoms with Crippen LogP contribution in [0.1, 0.15) is 28.5 Å². The highest BCUT2D eigenvalue weighted by molar-refractivity contribution is 7.85. The Morgan fingerprint density at radius 1 is 1.39 bits per heavy atom. The Balaban J connectivity index is 3.24. The normalized spacial score (nSPS) is 13.4. The lowest BCUT2D eigenvalue weighted by Gasteiger charge is -2.05. The maximum absolute atomic E-state index is 12.4. The van der Waals surface area contributed by atoms with E-state index in [0.717, 1.165) is 0 Å². The molecule has 1 aromatic rings. The number of ether oxygens (including phenoxy) is 1. The third kappa shape index (κ3) is 2.74. The van der Waals surface area contributed by atoms with Gasteiger partial charge in [0, 0.05) is 5.69 Å². The van der Waals surface area contributed by atoms with Crippen LogP contribution in [-0.2, 0) is 15.5 Å². The molecule has 1 unspecified atom stereocenters. The van der Waals surface area contributed by atoms with Crippen molar-refractivity contribution in [3.05, 3.63) is 16.8 Å². The minimum Gasteiger partial charge on any atom is -0.462 e. The van der Waals surface area contributed by atoms with E-state index in [-0.39, 0.29) is 23.4 Å². The largest absolute Gasteiger partial charge is 0.477 e. The molecular weight excluding hydrogens is 271 g/mol. The first-order chi connectivity index (χ1) is 8.20. The second kappa shape index (κ2) is 5.13. The first-order valence-corrected chi connectivity index (χ1v) is 6.20. The van der Waals surface area contributed by atoms with Crippen LogP contribution in [0, 0.1) is 13.8 Å². The summed E-state index contributed by atoms with van der Waals surface area (Å²) in [5.74, 6) is -0.728. The van der Waals surface area contributed by atoms with Crippen molar-refractivity contribution in [1.82, 2.24) is 4.98 Å². The van der Waals surface area contributed by atoms with Crippen LogP contribution in [-0.4, -0.2) is 27.3 Å². The zero-order chi connectivity index (χ0) is 14.1. The van der Waals surface area contributed by atoms with Crippen molar-refractivity contribution in [2.24, 2.45) is 0 Å². The molecule has 8 heteroatoms. The second-order valence-electron chi connectivity index (χ2n) is 3.51. The first kappa shape index (κ1) is 14.7. The van der Waals surface area contributed by atoms with Gasteiger partial charge in [0.25, 0.3) is 0 Å². The van der Waals surface area contributed by atoms with E-state index >= 15 is 0 Å². The SMILES string of the molecule is CCOC(=O)c1c(C)[nH]c(S(=O)C(F)(F)F)c1C. The highest BCUT2D eigenvalue weighted by Gasteiger charge is 2.40. The van der Waals surface area contributed by atoms with Crippen LogP contribution < -0.4 is 0 Å². The van der Waals surface area contributed by atoms with Crippen LogP contribution in [0.25, 0.3) is 0 Å². The Bertz CT molecular complexity index is 493. The van der Waals surface area contributed by atoms with Gasteiger partial charge in [-0.15, -0.1) is 0 Å². The molecule has 0 aliphatic heterocycles. The van der Waals surface area contributed by atoms with Crippen molar-refractivity contribution in [3.63, 3.8) is 0 Å². The van der Waals surface area contributed by atoms with Gasteiger partial charge in [0.15, 0.2) is 10.8 Å². The second-order valence-corrected chi connectivity index (χ2v) is 4.92. The zero-order valence-electron chi connectivity index (χ0n) is 9.97. The lowest BCUT2D eigenvalue weighted by atomic mass is 10.2. The van der Waals surface area contributed by atoms with E-state index in [1.807, 2.05) is 0 Å². The minimum absolute atomic E-state index is 0.00149. The first-order valence-electron chi connectivity index (χ1n) is 5.05. The molecule has 1 rings (SSSR count). The fourth-order valence-electron chi connectivity index (χ4n) is 1.53. The summed E-state index contributed by atoms with van der Waals surface area (Å²) in [7, 11) is -3.19. The van der Waals surface area contributed by atoms with E-state index in [0.29, 0.717) is 0 Å². The van der Waals surface area contributed by atoms with E-state index in [1.165, 1.54) is 13.8 Å². The van der Waals surface area contributed by atoms with Crippen molar-refractivity contribution in [2.45, 2.75) is 31.3 Å². The molecule has 1 atom stereocenters. The topological polar surface area (TPSA) is 59.2 Å². The summed E-state index contributed by atoms with van der Waals surface area (Å²) in [4.78, 5) is 13.9. The van der Waals surface area contributed by atoms with Gasteiger partial charge in [-0.2, -0.15) is 13.2 Å². The molecule has 102 valence electrons. The number of aromatic amines is 1. The Kier molecular flexibility index (Phi) is 4.20. The number of carbonyl (C=O) groups is 1. The van der Waals surface area contributed by atoms with E-state index in [9.17, 15) is 22.2 Å². The Labute approximate surface area is 104 Å². The molecule has 0 amide bonds. The summed E-state index contributed by atoms with van der Waals surface area (Å²) in [6.07, 6.45) is 0. The van der Waals surface area contributed by atoms with Gasteiger partial charge in [0.2, 0.25) is 0 Å². The average Bonchev–Trinajstić information content (AvgIpc) is 2.52.